The number of hydrogen-bond donors (Lipinski definition) is 2. The van der Waals surface area contributed by atoms with E-state index in [2.05, 4.69) is 17.4 Å². The number of anilines is 1. The van der Waals surface area contributed by atoms with Gasteiger partial charge in [-0.05, 0) is 67.3 Å². The van der Waals surface area contributed by atoms with Crippen LogP contribution in [-0.2, 0) is 30.5 Å². The monoisotopic (exact) mass is 455 g/mol. The van der Waals surface area contributed by atoms with Crippen molar-refractivity contribution >= 4 is 11.7 Å². The van der Waals surface area contributed by atoms with Crippen LogP contribution in [0.2, 0.25) is 0 Å². The van der Waals surface area contributed by atoms with Crippen LogP contribution in [0.3, 0.4) is 0 Å². The molecule has 0 atom stereocenters. The van der Waals surface area contributed by atoms with Crippen molar-refractivity contribution in [2.75, 3.05) is 5.32 Å². The van der Waals surface area contributed by atoms with Gasteiger partial charge in [-0.1, -0.05) is 62.4 Å². The van der Waals surface area contributed by atoms with E-state index in [0.29, 0.717) is 18.7 Å². The second-order valence-corrected chi connectivity index (χ2v) is 9.73. The lowest BCUT2D eigenvalue weighted by molar-refractivity contribution is -0.116. The summed E-state index contributed by atoms with van der Waals surface area (Å²) in [5, 5.41) is 13.0. The molecule has 3 aromatic rings. The number of aromatic hydroxyl groups is 1. The molecule has 5 nitrogen and oxygen atoms in total. The van der Waals surface area contributed by atoms with Gasteiger partial charge in [0.25, 0.3) is 0 Å². The Kier molecular flexibility index (Phi) is 6.89. The fourth-order valence-corrected chi connectivity index (χ4v) is 5.35. The number of carbonyl (C=O) groups is 1. The molecule has 34 heavy (non-hydrogen) atoms. The Balaban J connectivity index is 1.38. The van der Waals surface area contributed by atoms with Gasteiger partial charge in [-0.15, -0.1) is 0 Å². The Bertz CT molecular complexity index is 1150. The van der Waals surface area contributed by atoms with E-state index in [0.717, 1.165) is 65.4 Å². The van der Waals surface area contributed by atoms with Crippen molar-refractivity contribution in [3.05, 3.63) is 71.0 Å². The van der Waals surface area contributed by atoms with Crippen molar-refractivity contribution in [3.63, 3.8) is 0 Å². The summed E-state index contributed by atoms with van der Waals surface area (Å²) in [6.45, 7) is 0. The molecule has 5 rings (SSSR count). The van der Waals surface area contributed by atoms with Crippen LogP contribution in [-0.4, -0.2) is 21.0 Å². The second-order valence-electron chi connectivity index (χ2n) is 9.73. The zero-order valence-electron chi connectivity index (χ0n) is 19.7. The molecule has 1 fully saturated rings. The molecule has 1 heterocycles. The number of nitrogens with zero attached hydrogens (tertiary/aromatic N) is 2. The Morgan fingerprint density at radius 3 is 2.62 bits per heavy atom. The van der Waals surface area contributed by atoms with Crippen LogP contribution in [0, 0.1) is 5.92 Å². The zero-order chi connectivity index (χ0) is 23.3. The van der Waals surface area contributed by atoms with Crippen LogP contribution >= 0.6 is 0 Å². The summed E-state index contributed by atoms with van der Waals surface area (Å²) < 4.78 is 0. The Labute approximate surface area is 201 Å². The number of rotatable bonds is 7. The highest BCUT2D eigenvalue weighted by Crippen LogP contribution is 2.35. The van der Waals surface area contributed by atoms with Gasteiger partial charge in [0.05, 0.1) is 17.1 Å². The first-order valence-electron chi connectivity index (χ1n) is 12.7. The summed E-state index contributed by atoms with van der Waals surface area (Å²) in [5.74, 6) is 1.64. The first-order valence-corrected chi connectivity index (χ1v) is 12.7. The lowest BCUT2D eigenvalue weighted by atomic mass is 9.85. The number of aryl methyl sites for hydroxylation is 4. The van der Waals surface area contributed by atoms with Gasteiger partial charge < -0.3 is 10.4 Å². The van der Waals surface area contributed by atoms with E-state index < -0.39 is 0 Å². The first kappa shape index (κ1) is 22.6. The van der Waals surface area contributed by atoms with E-state index in [1.165, 1.54) is 32.1 Å². The van der Waals surface area contributed by atoms with Crippen LogP contribution in [0.1, 0.15) is 67.5 Å². The van der Waals surface area contributed by atoms with Crippen molar-refractivity contribution < 1.29 is 9.90 Å². The molecule has 1 aromatic heterocycles. The minimum absolute atomic E-state index is 0.0156. The molecule has 0 radical (unpaired) electrons. The average molecular weight is 456 g/mol. The number of hydrogen-bond acceptors (Lipinski definition) is 4. The molecule has 2 N–H and O–H groups in total. The van der Waals surface area contributed by atoms with Crippen molar-refractivity contribution in [2.24, 2.45) is 5.92 Å². The summed E-state index contributed by atoms with van der Waals surface area (Å²) in [5.41, 5.74) is 6.04. The van der Waals surface area contributed by atoms with E-state index in [4.69, 9.17) is 9.97 Å². The van der Waals surface area contributed by atoms with Gasteiger partial charge in [-0.25, -0.2) is 9.97 Å². The lowest BCUT2D eigenvalue weighted by Gasteiger charge is -2.23. The predicted octanol–water partition coefficient (Wildman–Crippen LogP) is 6.03. The van der Waals surface area contributed by atoms with Crippen LogP contribution in [0.25, 0.3) is 11.3 Å². The van der Waals surface area contributed by atoms with E-state index >= 15 is 0 Å². The molecule has 2 aliphatic rings. The highest BCUT2D eigenvalue weighted by atomic mass is 16.3. The van der Waals surface area contributed by atoms with Crippen molar-refractivity contribution in [1.82, 2.24) is 9.97 Å². The molecule has 2 aliphatic carbocycles. The maximum absolute atomic E-state index is 12.8. The number of aromatic nitrogens is 2. The maximum atomic E-state index is 12.8. The second kappa shape index (κ2) is 10.4. The molecule has 0 bridgehead atoms. The standard InChI is InChI=1S/C29H33N3O2/c33-23-14-15-24-22(19-23)13-17-25-28(24)30-26(16-11-20-7-3-1-4-8-20)29(31-25)32-27(34)18-12-21-9-5-2-6-10-21/h2,5-6,9-10,14-15,19-20,33H,1,3-4,7-8,11-13,16-18H2,(H,31,32,34). The molecule has 0 spiro atoms. The Morgan fingerprint density at radius 1 is 0.971 bits per heavy atom. The number of fused-ring (bicyclic) bond motifs is 3. The van der Waals surface area contributed by atoms with E-state index in [9.17, 15) is 9.90 Å². The van der Waals surface area contributed by atoms with E-state index in [1.807, 2.05) is 30.3 Å². The van der Waals surface area contributed by atoms with Crippen molar-refractivity contribution in [1.29, 1.82) is 0 Å². The molecule has 5 heteroatoms. The Hall–Kier alpha value is -3.21. The number of phenolic OH excluding ortho intramolecular Hbond substituents is 1. The topological polar surface area (TPSA) is 75.1 Å². The first-order chi connectivity index (χ1) is 16.7. The van der Waals surface area contributed by atoms with Crippen LogP contribution in [0.15, 0.2) is 48.5 Å². The SMILES string of the molecule is O=C(CCc1ccccc1)Nc1nc2c(nc1CCC1CCCCC1)-c1ccc(O)cc1CC2. The van der Waals surface area contributed by atoms with Crippen LogP contribution in [0.5, 0.6) is 5.75 Å². The quantitative estimate of drug-likeness (QED) is 0.456. The van der Waals surface area contributed by atoms with E-state index in [1.54, 1.807) is 6.07 Å². The number of carbonyl (C=O) groups excluding carboxylic acids is 1. The summed E-state index contributed by atoms with van der Waals surface area (Å²) in [6, 6.07) is 15.6. The number of benzene rings is 2. The third-order valence-electron chi connectivity index (χ3n) is 7.27. The van der Waals surface area contributed by atoms with Gasteiger partial charge in [-0.3, -0.25) is 4.79 Å². The lowest BCUT2D eigenvalue weighted by Crippen LogP contribution is -2.19. The van der Waals surface area contributed by atoms with Gasteiger partial charge in [-0.2, -0.15) is 0 Å². The third-order valence-corrected chi connectivity index (χ3v) is 7.27. The van der Waals surface area contributed by atoms with Gasteiger partial charge in [0.2, 0.25) is 5.91 Å². The third kappa shape index (κ3) is 5.30. The molecule has 2 aromatic carbocycles. The molecule has 0 saturated heterocycles. The predicted molar refractivity (Wildman–Crippen MR) is 135 cm³/mol. The summed E-state index contributed by atoms with van der Waals surface area (Å²) in [4.78, 5) is 22.9. The minimum Gasteiger partial charge on any atom is -0.508 e. The molecule has 0 unspecified atom stereocenters. The molecule has 1 saturated carbocycles. The Morgan fingerprint density at radius 2 is 1.79 bits per heavy atom. The molecule has 0 aliphatic heterocycles. The molecule has 176 valence electrons. The fraction of sp³-hybridized carbons (Fsp3) is 0.414. The van der Waals surface area contributed by atoms with Gasteiger partial charge in [0.15, 0.2) is 5.82 Å². The zero-order valence-corrected chi connectivity index (χ0v) is 19.7. The highest BCUT2D eigenvalue weighted by Gasteiger charge is 2.23. The smallest absolute Gasteiger partial charge is 0.225 e. The van der Waals surface area contributed by atoms with Crippen molar-refractivity contribution in [3.8, 4) is 17.0 Å². The molecule has 1 amide bonds. The minimum atomic E-state index is -0.0156. The van der Waals surface area contributed by atoms with Crippen LogP contribution in [0.4, 0.5) is 5.82 Å². The maximum Gasteiger partial charge on any atom is 0.225 e. The molecular formula is C29H33N3O2. The number of amides is 1. The fourth-order valence-electron chi connectivity index (χ4n) is 5.35. The van der Waals surface area contributed by atoms with Crippen LogP contribution < -0.4 is 5.32 Å². The van der Waals surface area contributed by atoms with Gasteiger partial charge in [0.1, 0.15) is 5.75 Å². The number of nitrogens with one attached hydrogen (secondary N) is 1. The summed E-state index contributed by atoms with van der Waals surface area (Å²) in [6.07, 6.45) is 11.2. The average Bonchev–Trinajstić information content (AvgIpc) is 2.87. The summed E-state index contributed by atoms with van der Waals surface area (Å²) >= 11 is 0. The summed E-state index contributed by atoms with van der Waals surface area (Å²) in [7, 11) is 0. The van der Waals surface area contributed by atoms with Gasteiger partial charge in [0, 0.05) is 12.0 Å². The normalized spacial score (nSPS) is 15.4. The largest absolute Gasteiger partial charge is 0.508 e. The molecular weight excluding hydrogens is 422 g/mol. The van der Waals surface area contributed by atoms with E-state index in [-0.39, 0.29) is 11.7 Å². The van der Waals surface area contributed by atoms with Crippen molar-refractivity contribution in [2.45, 2.75) is 70.6 Å². The number of phenols is 1. The highest BCUT2D eigenvalue weighted by molar-refractivity contribution is 5.90. The van der Waals surface area contributed by atoms with Gasteiger partial charge >= 0.3 is 0 Å².